The largest absolute Gasteiger partial charge is 0.339 e. The number of thioether (sulfide) groups is 1. The minimum Gasteiger partial charge on any atom is -0.339 e. The Kier molecular flexibility index (Phi) is 7.24. The molecule has 3 rings (SSSR count). The summed E-state index contributed by atoms with van der Waals surface area (Å²) < 4.78 is 28.8. The number of hydrogen-bond donors (Lipinski definition) is 1. The second kappa shape index (κ2) is 9.67. The molecular formula is C22H28N2O3S2. The van der Waals surface area contributed by atoms with Crippen LogP contribution >= 0.6 is 11.8 Å². The summed E-state index contributed by atoms with van der Waals surface area (Å²) in [5.41, 5.74) is 1.97. The SMILES string of the molecule is CCc1ccccc1NS(=O)(=O)c1ccc(SC)c(C(=O)N2CCCCCC2)c1. The van der Waals surface area contributed by atoms with E-state index in [0.717, 1.165) is 55.7 Å². The summed E-state index contributed by atoms with van der Waals surface area (Å²) in [4.78, 5) is 15.9. The molecule has 1 amide bonds. The van der Waals surface area contributed by atoms with Gasteiger partial charge in [-0.25, -0.2) is 8.42 Å². The average molecular weight is 433 g/mol. The Balaban J connectivity index is 1.93. The summed E-state index contributed by atoms with van der Waals surface area (Å²) in [7, 11) is -3.79. The Morgan fingerprint density at radius 3 is 2.41 bits per heavy atom. The molecule has 2 aromatic rings. The quantitative estimate of drug-likeness (QED) is 0.667. The predicted octanol–water partition coefficient (Wildman–Crippen LogP) is 4.79. The van der Waals surface area contributed by atoms with Crippen molar-refractivity contribution in [3.63, 3.8) is 0 Å². The molecule has 29 heavy (non-hydrogen) atoms. The number of sulfonamides is 1. The Labute approximate surface area is 177 Å². The number of rotatable bonds is 6. The fourth-order valence-corrected chi connectivity index (χ4v) is 5.29. The summed E-state index contributed by atoms with van der Waals surface area (Å²) >= 11 is 1.46. The fraction of sp³-hybridized carbons (Fsp3) is 0.409. The molecule has 1 heterocycles. The van der Waals surface area contributed by atoms with E-state index < -0.39 is 10.0 Å². The van der Waals surface area contributed by atoms with Gasteiger partial charge in [-0.15, -0.1) is 11.8 Å². The lowest BCUT2D eigenvalue weighted by Gasteiger charge is -2.22. The minimum atomic E-state index is -3.79. The van der Waals surface area contributed by atoms with Gasteiger partial charge in [0.25, 0.3) is 15.9 Å². The maximum absolute atomic E-state index is 13.2. The zero-order chi connectivity index (χ0) is 20.9. The number of benzene rings is 2. The molecular weight excluding hydrogens is 404 g/mol. The molecule has 7 heteroatoms. The molecule has 0 radical (unpaired) electrons. The summed E-state index contributed by atoms with van der Waals surface area (Å²) in [5, 5.41) is 0. The van der Waals surface area contributed by atoms with Gasteiger partial charge < -0.3 is 4.90 Å². The maximum atomic E-state index is 13.2. The van der Waals surface area contributed by atoms with Crippen LogP contribution in [0.3, 0.4) is 0 Å². The van der Waals surface area contributed by atoms with Crippen LogP contribution in [0.15, 0.2) is 52.3 Å². The first-order valence-corrected chi connectivity index (χ1v) is 12.7. The van der Waals surface area contributed by atoms with Gasteiger partial charge in [-0.05, 0) is 55.3 Å². The van der Waals surface area contributed by atoms with Gasteiger partial charge in [0, 0.05) is 18.0 Å². The van der Waals surface area contributed by atoms with Crippen molar-refractivity contribution in [1.82, 2.24) is 4.90 Å². The number of carbonyl (C=O) groups excluding carboxylic acids is 1. The Morgan fingerprint density at radius 1 is 1.07 bits per heavy atom. The molecule has 1 saturated heterocycles. The summed E-state index contributed by atoms with van der Waals surface area (Å²) in [5.74, 6) is -0.0812. The van der Waals surface area contributed by atoms with Gasteiger partial charge in [-0.3, -0.25) is 9.52 Å². The van der Waals surface area contributed by atoms with Crippen LogP contribution in [-0.4, -0.2) is 38.6 Å². The van der Waals surface area contributed by atoms with E-state index in [1.165, 1.54) is 17.8 Å². The smallest absolute Gasteiger partial charge is 0.261 e. The third kappa shape index (κ3) is 5.14. The highest BCUT2D eigenvalue weighted by molar-refractivity contribution is 7.98. The second-order valence-corrected chi connectivity index (χ2v) is 9.72. The van der Waals surface area contributed by atoms with Gasteiger partial charge in [0.05, 0.1) is 16.1 Å². The van der Waals surface area contributed by atoms with Crippen molar-refractivity contribution in [2.75, 3.05) is 24.1 Å². The lowest BCUT2D eigenvalue weighted by molar-refractivity contribution is 0.0758. The monoisotopic (exact) mass is 432 g/mol. The highest BCUT2D eigenvalue weighted by Gasteiger charge is 2.23. The Hall–Kier alpha value is -1.99. The summed E-state index contributed by atoms with van der Waals surface area (Å²) in [6, 6.07) is 12.2. The lowest BCUT2D eigenvalue weighted by atomic mass is 10.1. The lowest BCUT2D eigenvalue weighted by Crippen LogP contribution is -2.32. The first-order valence-electron chi connectivity index (χ1n) is 10.0. The van der Waals surface area contributed by atoms with Crippen LogP contribution in [0.4, 0.5) is 5.69 Å². The van der Waals surface area contributed by atoms with E-state index in [-0.39, 0.29) is 10.8 Å². The maximum Gasteiger partial charge on any atom is 0.261 e. The van der Waals surface area contributed by atoms with E-state index >= 15 is 0 Å². The third-order valence-electron chi connectivity index (χ3n) is 5.25. The number of para-hydroxylation sites is 1. The molecule has 0 unspecified atom stereocenters. The van der Waals surface area contributed by atoms with Crippen LogP contribution in [0.25, 0.3) is 0 Å². The van der Waals surface area contributed by atoms with Crippen LogP contribution in [0.2, 0.25) is 0 Å². The van der Waals surface area contributed by atoms with Crippen molar-refractivity contribution in [2.24, 2.45) is 0 Å². The zero-order valence-electron chi connectivity index (χ0n) is 17.0. The van der Waals surface area contributed by atoms with Gasteiger partial charge in [0.15, 0.2) is 0 Å². The highest BCUT2D eigenvalue weighted by Crippen LogP contribution is 2.28. The number of nitrogens with zero attached hydrogens (tertiary/aromatic N) is 1. The number of carbonyl (C=O) groups is 1. The Morgan fingerprint density at radius 2 is 1.76 bits per heavy atom. The summed E-state index contributed by atoms with van der Waals surface area (Å²) in [6.45, 7) is 3.44. The van der Waals surface area contributed by atoms with Gasteiger partial charge in [0.2, 0.25) is 0 Å². The van der Waals surface area contributed by atoms with E-state index in [4.69, 9.17) is 0 Å². The van der Waals surface area contributed by atoms with Crippen molar-refractivity contribution in [3.8, 4) is 0 Å². The van der Waals surface area contributed by atoms with Gasteiger partial charge in [0.1, 0.15) is 0 Å². The van der Waals surface area contributed by atoms with Crippen molar-refractivity contribution in [2.45, 2.75) is 48.8 Å². The van der Waals surface area contributed by atoms with Gasteiger partial charge >= 0.3 is 0 Å². The van der Waals surface area contributed by atoms with E-state index in [2.05, 4.69) is 4.72 Å². The molecule has 0 saturated carbocycles. The van der Waals surface area contributed by atoms with Crippen LogP contribution in [0.5, 0.6) is 0 Å². The number of nitrogens with one attached hydrogen (secondary N) is 1. The van der Waals surface area contributed by atoms with Crippen molar-refractivity contribution in [3.05, 3.63) is 53.6 Å². The minimum absolute atomic E-state index is 0.0812. The number of hydrogen-bond acceptors (Lipinski definition) is 4. The molecule has 0 aromatic heterocycles. The number of aryl methyl sites for hydroxylation is 1. The molecule has 0 atom stereocenters. The van der Waals surface area contributed by atoms with Crippen molar-refractivity contribution >= 4 is 33.4 Å². The zero-order valence-corrected chi connectivity index (χ0v) is 18.6. The van der Waals surface area contributed by atoms with E-state index in [0.29, 0.717) is 11.3 Å². The molecule has 5 nitrogen and oxygen atoms in total. The fourth-order valence-electron chi connectivity index (χ4n) is 3.60. The Bertz CT molecular complexity index is 966. The van der Waals surface area contributed by atoms with Crippen LogP contribution in [-0.2, 0) is 16.4 Å². The second-order valence-electron chi connectivity index (χ2n) is 7.18. The van der Waals surface area contributed by atoms with Gasteiger partial charge in [-0.2, -0.15) is 0 Å². The van der Waals surface area contributed by atoms with Crippen molar-refractivity contribution in [1.29, 1.82) is 0 Å². The van der Waals surface area contributed by atoms with Crippen LogP contribution < -0.4 is 4.72 Å². The molecule has 1 fully saturated rings. The molecule has 0 bridgehead atoms. The van der Waals surface area contributed by atoms with E-state index in [1.807, 2.05) is 36.3 Å². The van der Waals surface area contributed by atoms with E-state index in [9.17, 15) is 13.2 Å². The standard InChI is InChI=1S/C22H28N2O3S2/c1-3-17-10-6-7-11-20(17)23-29(26,27)18-12-13-21(28-2)19(16-18)22(25)24-14-8-4-5-9-15-24/h6-7,10-13,16,23H,3-5,8-9,14-15H2,1-2H3. The number of amides is 1. The molecule has 2 aromatic carbocycles. The number of likely N-dealkylation sites (tertiary alicyclic amines) is 1. The van der Waals surface area contributed by atoms with E-state index in [1.54, 1.807) is 18.2 Å². The van der Waals surface area contributed by atoms with Gasteiger partial charge in [-0.1, -0.05) is 38.0 Å². The van der Waals surface area contributed by atoms with Crippen LogP contribution in [0, 0.1) is 0 Å². The topological polar surface area (TPSA) is 66.5 Å². The molecule has 1 aliphatic rings. The molecule has 1 N–H and O–H groups in total. The molecule has 0 spiro atoms. The molecule has 156 valence electrons. The van der Waals surface area contributed by atoms with Crippen LogP contribution in [0.1, 0.15) is 48.5 Å². The first kappa shape index (κ1) is 21.7. The normalized spacial score (nSPS) is 15.0. The number of anilines is 1. The van der Waals surface area contributed by atoms with Crippen molar-refractivity contribution < 1.29 is 13.2 Å². The average Bonchev–Trinajstić information content (AvgIpc) is 3.02. The summed E-state index contributed by atoms with van der Waals surface area (Å²) in [6.07, 6.45) is 6.88. The third-order valence-corrected chi connectivity index (χ3v) is 7.41. The molecule has 1 aliphatic heterocycles. The first-order chi connectivity index (χ1) is 14.0. The predicted molar refractivity (Wildman–Crippen MR) is 119 cm³/mol. The highest BCUT2D eigenvalue weighted by atomic mass is 32.2. The molecule has 0 aliphatic carbocycles.